The zero-order valence-electron chi connectivity index (χ0n) is 4.46. The fraction of sp³-hybridized carbons (Fsp3) is 0.250. The van der Waals surface area contributed by atoms with Crippen LogP contribution in [0.3, 0.4) is 0 Å². The van der Waals surface area contributed by atoms with Gasteiger partial charge in [-0.3, -0.25) is 5.01 Å². The Kier molecular flexibility index (Phi) is 1.95. The monoisotopic (exact) mass is 165 g/mol. The highest BCUT2D eigenvalue weighted by atomic mass is 35.5. The number of rotatable bonds is 0. The molecule has 50 valence electrons. The number of nitrogens with zero attached hydrogens (tertiary/aromatic N) is 2. The smallest absolute Gasteiger partial charge is 0.214 e. The average molecular weight is 166 g/mol. The molecule has 1 atom stereocenters. The maximum atomic E-state index is 5.61. The van der Waals surface area contributed by atoms with Gasteiger partial charge in [-0.2, -0.15) is 0 Å². The van der Waals surface area contributed by atoms with Crippen molar-refractivity contribution in [2.75, 3.05) is 0 Å². The Labute approximate surface area is 62.7 Å². The van der Waals surface area contributed by atoms with E-state index in [4.69, 9.17) is 29.0 Å². The molecule has 1 aliphatic heterocycles. The molecule has 0 aromatic carbocycles. The number of hydrazine groups is 1. The van der Waals surface area contributed by atoms with Gasteiger partial charge in [-0.25, -0.2) is 10.8 Å². The molecule has 0 aliphatic carbocycles. The summed E-state index contributed by atoms with van der Waals surface area (Å²) >= 11 is 11.1. The zero-order chi connectivity index (χ0) is 6.85. The quantitative estimate of drug-likeness (QED) is 0.329. The minimum atomic E-state index is -0.380. The second-order valence-electron chi connectivity index (χ2n) is 1.52. The highest BCUT2D eigenvalue weighted by molar-refractivity contribution is 6.65. The van der Waals surface area contributed by atoms with Gasteiger partial charge in [-0.15, -0.1) is 0 Å². The van der Waals surface area contributed by atoms with E-state index in [1.165, 1.54) is 11.2 Å². The maximum absolute atomic E-state index is 5.61. The molecule has 9 heavy (non-hydrogen) atoms. The molecule has 0 spiro atoms. The van der Waals surface area contributed by atoms with Gasteiger partial charge in [-0.1, -0.05) is 11.6 Å². The van der Waals surface area contributed by atoms with E-state index >= 15 is 0 Å². The molecule has 0 aromatic rings. The van der Waals surface area contributed by atoms with Crippen molar-refractivity contribution < 1.29 is 0 Å². The van der Waals surface area contributed by atoms with Crippen molar-refractivity contribution >= 4 is 28.5 Å². The van der Waals surface area contributed by atoms with E-state index in [2.05, 4.69) is 4.99 Å². The molecule has 2 N–H and O–H groups in total. The number of hydrogen-bond acceptors (Lipinski definition) is 3. The molecule has 3 nitrogen and oxygen atoms in total. The number of alkyl halides is 1. The summed E-state index contributed by atoms with van der Waals surface area (Å²) in [5.41, 5.74) is -0.380. The topological polar surface area (TPSA) is 41.6 Å². The van der Waals surface area contributed by atoms with E-state index in [9.17, 15) is 0 Å². The van der Waals surface area contributed by atoms with Gasteiger partial charge in [0.25, 0.3) is 0 Å². The van der Waals surface area contributed by atoms with Gasteiger partial charge >= 0.3 is 0 Å². The van der Waals surface area contributed by atoms with Crippen molar-refractivity contribution in [3.8, 4) is 0 Å². The van der Waals surface area contributed by atoms with Crippen LogP contribution < -0.4 is 5.84 Å². The largest absolute Gasteiger partial charge is 0.263 e. The van der Waals surface area contributed by atoms with Gasteiger partial charge in [0.15, 0.2) is 0 Å². The second-order valence-corrected chi connectivity index (χ2v) is 2.30. The van der Waals surface area contributed by atoms with Crippen molar-refractivity contribution in [2.24, 2.45) is 10.8 Å². The highest BCUT2D eigenvalue weighted by Crippen LogP contribution is 2.09. The Hall–Kier alpha value is -0.250. The summed E-state index contributed by atoms with van der Waals surface area (Å²) in [6.45, 7) is 0. The third-order valence-corrected chi connectivity index (χ3v) is 1.55. The predicted molar refractivity (Wildman–Crippen MR) is 38.1 cm³/mol. The molecule has 1 aliphatic rings. The average Bonchev–Trinajstić information content (AvgIpc) is 1.83. The van der Waals surface area contributed by atoms with Crippen molar-refractivity contribution in [1.82, 2.24) is 5.01 Å². The Morgan fingerprint density at radius 1 is 1.78 bits per heavy atom. The summed E-state index contributed by atoms with van der Waals surface area (Å²) in [6, 6.07) is 0. The summed E-state index contributed by atoms with van der Waals surface area (Å²) in [5.74, 6) is 5.31. The van der Waals surface area contributed by atoms with Gasteiger partial charge in [-0.05, 0) is 17.7 Å². The summed E-state index contributed by atoms with van der Waals surface area (Å²) in [4.78, 5) is 3.68. The fourth-order valence-corrected chi connectivity index (χ4v) is 0.806. The van der Waals surface area contributed by atoms with Crippen molar-refractivity contribution in [2.45, 2.75) is 5.50 Å². The van der Waals surface area contributed by atoms with Crippen LogP contribution in [0.1, 0.15) is 0 Å². The molecule has 0 saturated heterocycles. The number of aliphatic imine (C=N–C) groups is 1. The second kappa shape index (κ2) is 2.56. The van der Waals surface area contributed by atoms with E-state index in [1.807, 2.05) is 0 Å². The predicted octanol–water partition coefficient (Wildman–Crippen LogP) is 0.849. The molecule has 1 unspecified atom stereocenters. The molecule has 0 aromatic heterocycles. The van der Waals surface area contributed by atoms with Crippen LogP contribution in [0.15, 0.2) is 17.3 Å². The molecule has 1 heterocycles. The highest BCUT2D eigenvalue weighted by Gasteiger charge is 2.13. The van der Waals surface area contributed by atoms with E-state index in [0.29, 0.717) is 0 Å². The Morgan fingerprint density at radius 3 is 2.89 bits per heavy atom. The minimum absolute atomic E-state index is 0.206. The van der Waals surface area contributed by atoms with Crippen LogP contribution in [0.5, 0.6) is 0 Å². The first-order valence-electron chi connectivity index (χ1n) is 2.30. The van der Waals surface area contributed by atoms with Crippen LogP contribution in [-0.2, 0) is 0 Å². The number of nitrogens with two attached hydrogens (primary N) is 1. The fourth-order valence-electron chi connectivity index (χ4n) is 0.437. The van der Waals surface area contributed by atoms with Crippen LogP contribution in [0.2, 0.25) is 0 Å². The lowest BCUT2D eigenvalue weighted by atomic mass is 10.5. The molecule has 1 rings (SSSR count). The summed E-state index contributed by atoms with van der Waals surface area (Å²) in [6.07, 6.45) is 3.15. The van der Waals surface area contributed by atoms with E-state index in [-0.39, 0.29) is 10.8 Å². The van der Waals surface area contributed by atoms with Crippen LogP contribution in [0.25, 0.3) is 0 Å². The first-order valence-corrected chi connectivity index (χ1v) is 3.11. The summed E-state index contributed by atoms with van der Waals surface area (Å²) < 4.78 is 0. The molecule has 0 saturated carbocycles. The summed E-state index contributed by atoms with van der Waals surface area (Å²) in [5, 5.41) is 1.38. The van der Waals surface area contributed by atoms with Gasteiger partial charge in [0.05, 0.1) is 0 Å². The zero-order valence-corrected chi connectivity index (χ0v) is 5.97. The van der Waals surface area contributed by atoms with Crippen molar-refractivity contribution in [1.29, 1.82) is 0 Å². The van der Waals surface area contributed by atoms with Crippen LogP contribution in [-0.4, -0.2) is 15.8 Å². The van der Waals surface area contributed by atoms with E-state index in [0.717, 1.165) is 0 Å². The first kappa shape index (κ1) is 6.86. The third kappa shape index (κ3) is 1.36. The first-order chi connectivity index (χ1) is 4.22. The normalized spacial score (nSPS) is 26.3. The van der Waals surface area contributed by atoms with Crippen molar-refractivity contribution in [3.05, 3.63) is 12.3 Å². The molecule has 0 amide bonds. The Morgan fingerprint density at radius 2 is 2.44 bits per heavy atom. The van der Waals surface area contributed by atoms with Crippen molar-refractivity contribution in [3.63, 3.8) is 0 Å². The number of amidine groups is 1. The maximum Gasteiger partial charge on any atom is 0.214 e. The lowest BCUT2D eigenvalue weighted by Gasteiger charge is -2.21. The van der Waals surface area contributed by atoms with E-state index in [1.54, 1.807) is 6.08 Å². The summed E-state index contributed by atoms with van der Waals surface area (Å²) in [7, 11) is 0. The van der Waals surface area contributed by atoms with Gasteiger partial charge in [0, 0.05) is 6.20 Å². The van der Waals surface area contributed by atoms with Gasteiger partial charge in [0.1, 0.15) is 5.50 Å². The Balaban J connectivity index is 2.73. The Bertz CT molecular complexity index is 165. The van der Waals surface area contributed by atoms with Crippen LogP contribution in [0.4, 0.5) is 0 Å². The molecule has 5 heteroatoms. The molecule has 0 radical (unpaired) electrons. The lowest BCUT2D eigenvalue weighted by molar-refractivity contribution is 0.456. The van der Waals surface area contributed by atoms with Crippen LogP contribution in [0, 0.1) is 0 Å². The van der Waals surface area contributed by atoms with E-state index < -0.39 is 0 Å². The third-order valence-electron chi connectivity index (χ3n) is 0.905. The molecular weight excluding hydrogens is 161 g/mol. The molecular formula is C4H5Cl2N3. The number of halogens is 2. The minimum Gasteiger partial charge on any atom is -0.263 e. The van der Waals surface area contributed by atoms with Gasteiger partial charge < -0.3 is 0 Å². The number of hydrogen-bond donors (Lipinski definition) is 1. The molecule has 0 bridgehead atoms. The van der Waals surface area contributed by atoms with Gasteiger partial charge in [0.2, 0.25) is 5.29 Å². The SMILES string of the molecule is NN1C(Cl)=NC=CC1Cl. The molecule has 0 fully saturated rings. The standard InChI is InChI=1S/C4H5Cl2N3/c5-3-1-2-8-4(6)9(3)7/h1-3H,7H2. The van der Waals surface area contributed by atoms with Crippen LogP contribution >= 0.6 is 23.2 Å². The lowest BCUT2D eigenvalue weighted by Crippen LogP contribution is -2.40.